The van der Waals surface area contributed by atoms with Gasteiger partial charge in [-0.2, -0.15) is 0 Å². The van der Waals surface area contributed by atoms with Gasteiger partial charge in [-0.15, -0.1) is 0 Å². The van der Waals surface area contributed by atoms with Gasteiger partial charge in [-0.05, 0) is 62.1 Å². The largest absolute Gasteiger partial charge is 0.338 e. The van der Waals surface area contributed by atoms with Crippen LogP contribution in [0, 0.1) is 17.8 Å². The second-order valence-electron chi connectivity index (χ2n) is 7.18. The van der Waals surface area contributed by atoms with Crippen LogP contribution in [0.4, 0.5) is 0 Å². The molecule has 2 fully saturated rings. The molecule has 2 aliphatic carbocycles. The van der Waals surface area contributed by atoms with Gasteiger partial charge in [0, 0.05) is 30.1 Å². The molecule has 0 aliphatic heterocycles. The van der Waals surface area contributed by atoms with E-state index in [1.54, 1.807) is 0 Å². The molecule has 1 aromatic rings. The molecule has 3 nitrogen and oxygen atoms in total. The molecular weight excluding hydrogens is 308 g/mol. The number of nitrogens with zero attached hydrogens (tertiary/aromatic N) is 1. The number of fused-ring (bicyclic) bond motifs is 2. The number of halogens is 1. The Morgan fingerprint density at radius 2 is 1.83 bits per heavy atom. The predicted molar refractivity (Wildman–Crippen MR) is 94.1 cm³/mol. The van der Waals surface area contributed by atoms with E-state index in [9.17, 15) is 4.79 Å². The lowest BCUT2D eigenvalue weighted by Crippen LogP contribution is -2.49. The fraction of sp³-hybridized carbons (Fsp3) is 0.632. The standard InChI is InChI=1S/C19H27ClN2O/c1-2-22(12-13-6-8-17(20)9-7-13)19(23)16-10-14-4-3-5-15(11-16)18(14)21/h6-9,14-16,18H,2-5,10-12,21H2,1H3. The van der Waals surface area contributed by atoms with Crippen molar-refractivity contribution in [2.24, 2.45) is 23.5 Å². The zero-order valence-electron chi connectivity index (χ0n) is 13.9. The predicted octanol–water partition coefficient (Wildman–Crippen LogP) is 3.84. The molecule has 23 heavy (non-hydrogen) atoms. The Kier molecular flexibility index (Phi) is 5.27. The van der Waals surface area contributed by atoms with Crippen molar-refractivity contribution in [2.45, 2.75) is 51.6 Å². The minimum atomic E-state index is 0.164. The third-order valence-corrected chi connectivity index (χ3v) is 5.99. The minimum absolute atomic E-state index is 0.164. The summed E-state index contributed by atoms with van der Waals surface area (Å²) in [4.78, 5) is 15.0. The third-order valence-electron chi connectivity index (χ3n) is 5.74. The molecule has 2 N–H and O–H groups in total. The molecule has 2 aliphatic rings. The highest BCUT2D eigenvalue weighted by atomic mass is 35.5. The summed E-state index contributed by atoms with van der Waals surface area (Å²) >= 11 is 5.94. The quantitative estimate of drug-likeness (QED) is 0.909. The average Bonchev–Trinajstić information content (AvgIpc) is 2.53. The first kappa shape index (κ1) is 16.8. The number of nitrogens with two attached hydrogens (primary N) is 1. The second kappa shape index (κ2) is 7.23. The average molecular weight is 335 g/mol. The summed E-state index contributed by atoms with van der Waals surface area (Å²) < 4.78 is 0. The zero-order chi connectivity index (χ0) is 16.4. The molecule has 1 aromatic carbocycles. The maximum atomic E-state index is 13.0. The molecule has 0 heterocycles. The molecule has 2 saturated carbocycles. The highest BCUT2D eigenvalue weighted by molar-refractivity contribution is 6.30. The molecule has 0 saturated heterocycles. The van der Waals surface area contributed by atoms with Crippen LogP contribution in [0.25, 0.3) is 0 Å². The Morgan fingerprint density at radius 3 is 2.39 bits per heavy atom. The van der Waals surface area contributed by atoms with Crippen molar-refractivity contribution in [3.8, 4) is 0 Å². The van der Waals surface area contributed by atoms with Gasteiger partial charge in [0.1, 0.15) is 0 Å². The van der Waals surface area contributed by atoms with Crippen molar-refractivity contribution in [1.82, 2.24) is 4.90 Å². The molecule has 4 heteroatoms. The third kappa shape index (κ3) is 3.72. The number of hydrogen-bond acceptors (Lipinski definition) is 2. The van der Waals surface area contributed by atoms with E-state index in [1.165, 1.54) is 19.3 Å². The Morgan fingerprint density at radius 1 is 1.22 bits per heavy atom. The summed E-state index contributed by atoms with van der Waals surface area (Å²) in [5.74, 6) is 1.57. The van der Waals surface area contributed by atoms with Gasteiger partial charge in [0.2, 0.25) is 5.91 Å². The lowest BCUT2D eigenvalue weighted by atomic mass is 9.65. The summed E-state index contributed by atoms with van der Waals surface area (Å²) in [5, 5.41) is 0.734. The van der Waals surface area contributed by atoms with E-state index in [0.717, 1.165) is 30.0 Å². The van der Waals surface area contributed by atoms with E-state index in [-0.39, 0.29) is 5.92 Å². The molecule has 0 aromatic heterocycles. The van der Waals surface area contributed by atoms with Crippen molar-refractivity contribution in [1.29, 1.82) is 0 Å². The van der Waals surface area contributed by atoms with E-state index in [2.05, 4.69) is 6.92 Å². The molecule has 126 valence electrons. The number of hydrogen-bond donors (Lipinski definition) is 1. The molecular formula is C19H27ClN2O. The summed E-state index contributed by atoms with van der Waals surface area (Å²) in [5.41, 5.74) is 7.49. The van der Waals surface area contributed by atoms with E-state index in [0.29, 0.717) is 30.3 Å². The first-order valence-corrected chi connectivity index (χ1v) is 9.25. The SMILES string of the molecule is CCN(Cc1ccc(Cl)cc1)C(=O)C1CC2CCCC(C1)C2N. The monoisotopic (exact) mass is 334 g/mol. The van der Waals surface area contributed by atoms with Crippen LogP contribution in [0.15, 0.2) is 24.3 Å². The molecule has 0 radical (unpaired) electrons. The Bertz CT molecular complexity index is 531. The number of benzene rings is 1. The van der Waals surface area contributed by atoms with E-state index in [4.69, 9.17) is 17.3 Å². The van der Waals surface area contributed by atoms with Gasteiger partial charge in [0.15, 0.2) is 0 Å². The van der Waals surface area contributed by atoms with Gasteiger partial charge >= 0.3 is 0 Å². The normalized spacial score (nSPS) is 30.0. The second-order valence-corrected chi connectivity index (χ2v) is 7.61. The van der Waals surface area contributed by atoms with Crippen molar-refractivity contribution < 1.29 is 4.79 Å². The summed E-state index contributed by atoms with van der Waals surface area (Å²) in [7, 11) is 0. The van der Waals surface area contributed by atoms with Crippen LogP contribution in [0.5, 0.6) is 0 Å². The molecule has 1 amide bonds. The lowest BCUT2D eigenvalue weighted by Gasteiger charge is -2.44. The van der Waals surface area contributed by atoms with Gasteiger partial charge in [-0.25, -0.2) is 0 Å². The van der Waals surface area contributed by atoms with Crippen molar-refractivity contribution in [2.75, 3.05) is 6.54 Å². The molecule has 2 unspecified atom stereocenters. The lowest BCUT2D eigenvalue weighted by molar-refractivity contribution is -0.139. The van der Waals surface area contributed by atoms with Gasteiger partial charge < -0.3 is 10.6 Å². The molecule has 0 spiro atoms. The maximum Gasteiger partial charge on any atom is 0.225 e. The van der Waals surface area contributed by atoms with E-state index < -0.39 is 0 Å². The Labute approximate surface area is 144 Å². The van der Waals surface area contributed by atoms with Crippen LogP contribution in [0.2, 0.25) is 5.02 Å². The van der Waals surface area contributed by atoms with Crippen LogP contribution in [0.1, 0.15) is 44.6 Å². The van der Waals surface area contributed by atoms with Crippen LogP contribution in [-0.4, -0.2) is 23.4 Å². The Balaban J connectivity index is 1.66. The highest BCUT2D eigenvalue weighted by Gasteiger charge is 2.41. The van der Waals surface area contributed by atoms with E-state index in [1.807, 2.05) is 29.2 Å². The minimum Gasteiger partial charge on any atom is -0.338 e. The van der Waals surface area contributed by atoms with Crippen molar-refractivity contribution in [3.63, 3.8) is 0 Å². The number of carbonyl (C=O) groups excluding carboxylic acids is 1. The highest BCUT2D eigenvalue weighted by Crippen LogP contribution is 2.42. The maximum absolute atomic E-state index is 13.0. The van der Waals surface area contributed by atoms with Crippen LogP contribution < -0.4 is 5.73 Å². The first-order valence-electron chi connectivity index (χ1n) is 8.87. The van der Waals surface area contributed by atoms with E-state index >= 15 is 0 Å². The molecule has 2 bridgehead atoms. The van der Waals surface area contributed by atoms with Crippen LogP contribution >= 0.6 is 11.6 Å². The van der Waals surface area contributed by atoms with Gasteiger partial charge in [0.05, 0.1) is 0 Å². The summed E-state index contributed by atoms with van der Waals surface area (Å²) in [6.07, 6.45) is 5.64. The zero-order valence-corrected chi connectivity index (χ0v) is 14.6. The van der Waals surface area contributed by atoms with Crippen molar-refractivity contribution in [3.05, 3.63) is 34.9 Å². The van der Waals surface area contributed by atoms with Gasteiger partial charge in [-0.3, -0.25) is 4.79 Å². The van der Waals surface area contributed by atoms with Gasteiger partial charge in [-0.1, -0.05) is 30.2 Å². The number of amides is 1. The molecule has 2 atom stereocenters. The number of carbonyl (C=O) groups is 1. The molecule has 3 rings (SSSR count). The fourth-order valence-corrected chi connectivity index (χ4v) is 4.53. The fourth-order valence-electron chi connectivity index (χ4n) is 4.40. The van der Waals surface area contributed by atoms with Crippen LogP contribution in [-0.2, 0) is 11.3 Å². The topological polar surface area (TPSA) is 46.3 Å². The Hall–Kier alpha value is -1.06. The smallest absolute Gasteiger partial charge is 0.225 e. The summed E-state index contributed by atoms with van der Waals surface area (Å²) in [6.45, 7) is 3.48. The number of rotatable bonds is 4. The van der Waals surface area contributed by atoms with Crippen LogP contribution in [0.3, 0.4) is 0 Å². The van der Waals surface area contributed by atoms with Gasteiger partial charge in [0.25, 0.3) is 0 Å². The van der Waals surface area contributed by atoms with Crippen molar-refractivity contribution >= 4 is 17.5 Å². The first-order chi connectivity index (χ1) is 11.1. The summed E-state index contributed by atoms with van der Waals surface area (Å²) in [6, 6.07) is 8.10.